The van der Waals surface area contributed by atoms with E-state index in [1.807, 2.05) is 6.07 Å². The maximum atomic E-state index is 11.5. The lowest BCUT2D eigenvalue weighted by molar-refractivity contribution is 0.0562. The Morgan fingerprint density at radius 2 is 2.20 bits per heavy atom. The van der Waals surface area contributed by atoms with Crippen molar-refractivity contribution < 1.29 is 13.9 Å². The topological polar surface area (TPSA) is 51.5 Å². The fourth-order valence-corrected chi connectivity index (χ4v) is 2.92. The highest BCUT2D eigenvalue weighted by molar-refractivity contribution is 7.12. The fourth-order valence-electron chi connectivity index (χ4n) is 1.96. The molecule has 0 aromatic carbocycles. The molecule has 0 saturated carbocycles. The number of furan rings is 1. The highest BCUT2D eigenvalue weighted by Crippen LogP contribution is 2.29. The Kier molecular flexibility index (Phi) is 4.98. The predicted octanol–water partition coefficient (Wildman–Crippen LogP) is 3.53. The molecule has 1 atom stereocenters. The van der Waals surface area contributed by atoms with E-state index >= 15 is 0 Å². The van der Waals surface area contributed by atoms with Crippen LogP contribution in [0.1, 0.15) is 45.5 Å². The Balaban J connectivity index is 2.26. The zero-order valence-corrected chi connectivity index (χ0v) is 12.8. The Morgan fingerprint density at radius 1 is 1.40 bits per heavy atom. The summed E-state index contributed by atoms with van der Waals surface area (Å²) >= 11 is 1.73. The first-order valence-corrected chi connectivity index (χ1v) is 7.45. The van der Waals surface area contributed by atoms with Gasteiger partial charge in [-0.25, -0.2) is 4.79 Å². The normalized spacial score (nSPS) is 12.3. The van der Waals surface area contributed by atoms with Crippen LogP contribution >= 0.6 is 11.3 Å². The summed E-state index contributed by atoms with van der Waals surface area (Å²) in [6, 6.07) is 7.64. The van der Waals surface area contributed by atoms with Crippen LogP contribution in [0, 0.1) is 6.92 Å². The molecule has 2 aromatic rings. The summed E-state index contributed by atoms with van der Waals surface area (Å²) < 4.78 is 10.3. The molecule has 20 heavy (non-hydrogen) atoms. The van der Waals surface area contributed by atoms with E-state index in [1.165, 1.54) is 16.9 Å². The number of methoxy groups -OCH3 is 1. The molecular formula is C15H19NO3S. The van der Waals surface area contributed by atoms with Gasteiger partial charge in [-0.2, -0.15) is 0 Å². The van der Waals surface area contributed by atoms with Crippen LogP contribution in [0.2, 0.25) is 0 Å². The van der Waals surface area contributed by atoms with Crippen molar-refractivity contribution in [3.05, 3.63) is 45.5 Å². The van der Waals surface area contributed by atoms with Gasteiger partial charge in [-0.05, 0) is 44.2 Å². The van der Waals surface area contributed by atoms with Crippen molar-refractivity contribution in [3.63, 3.8) is 0 Å². The summed E-state index contributed by atoms with van der Waals surface area (Å²) in [6.07, 6.45) is 1.03. The van der Waals surface area contributed by atoms with Gasteiger partial charge in [0.25, 0.3) is 0 Å². The van der Waals surface area contributed by atoms with Crippen LogP contribution in [0.4, 0.5) is 0 Å². The van der Waals surface area contributed by atoms with E-state index < -0.39 is 5.97 Å². The van der Waals surface area contributed by atoms with Crippen molar-refractivity contribution in [3.8, 4) is 0 Å². The Hall–Kier alpha value is -1.59. The summed E-state index contributed by atoms with van der Waals surface area (Å²) in [5.74, 6) is 0.521. The minimum absolute atomic E-state index is 0.0212. The van der Waals surface area contributed by atoms with E-state index in [0.717, 1.165) is 18.7 Å². The molecule has 2 aromatic heterocycles. The molecule has 0 radical (unpaired) electrons. The van der Waals surface area contributed by atoms with E-state index in [-0.39, 0.29) is 11.8 Å². The number of hydrogen-bond acceptors (Lipinski definition) is 5. The molecule has 1 N–H and O–H groups in total. The number of esters is 1. The van der Waals surface area contributed by atoms with Crippen molar-refractivity contribution >= 4 is 17.3 Å². The smallest absolute Gasteiger partial charge is 0.373 e. The molecule has 0 spiro atoms. The van der Waals surface area contributed by atoms with Crippen molar-refractivity contribution in [1.82, 2.24) is 5.32 Å². The summed E-state index contributed by atoms with van der Waals surface area (Å²) in [7, 11) is 1.35. The molecule has 2 rings (SSSR count). The van der Waals surface area contributed by atoms with Crippen molar-refractivity contribution in [1.29, 1.82) is 0 Å². The highest BCUT2D eigenvalue weighted by Gasteiger charge is 2.21. The van der Waals surface area contributed by atoms with Gasteiger partial charge in [0, 0.05) is 9.75 Å². The monoisotopic (exact) mass is 293 g/mol. The molecule has 0 aliphatic rings. The lowest BCUT2D eigenvalue weighted by Crippen LogP contribution is -2.21. The van der Waals surface area contributed by atoms with Crippen LogP contribution < -0.4 is 5.32 Å². The lowest BCUT2D eigenvalue weighted by Gasteiger charge is -2.14. The molecule has 0 aliphatic carbocycles. The highest BCUT2D eigenvalue weighted by atomic mass is 32.1. The Labute approximate surface area is 122 Å². The first-order valence-electron chi connectivity index (χ1n) is 6.63. The number of carbonyl (C=O) groups excluding carboxylic acids is 1. The number of aryl methyl sites for hydroxylation is 1. The maximum absolute atomic E-state index is 11.5. The van der Waals surface area contributed by atoms with Gasteiger partial charge in [0.1, 0.15) is 11.8 Å². The minimum Gasteiger partial charge on any atom is -0.463 e. The molecule has 5 heteroatoms. The first kappa shape index (κ1) is 14.8. The molecule has 0 amide bonds. The third kappa shape index (κ3) is 3.29. The molecule has 0 bridgehead atoms. The summed E-state index contributed by atoms with van der Waals surface area (Å²) in [5, 5.41) is 3.45. The number of thiophene rings is 1. The Morgan fingerprint density at radius 3 is 2.80 bits per heavy atom. The number of carbonyl (C=O) groups is 1. The van der Waals surface area contributed by atoms with Crippen molar-refractivity contribution in [2.24, 2.45) is 0 Å². The summed E-state index contributed by atoms with van der Waals surface area (Å²) in [6.45, 7) is 5.08. The zero-order valence-electron chi connectivity index (χ0n) is 11.9. The van der Waals surface area contributed by atoms with E-state index in [0.29, 0.717) is 0 Å². The molecule has 108 valence electrons. The molecule has 1 unspecified atom stereocenters. The Bertz CT molecular complexity index is 573. The molecule has 2 heterocycles. The fraction of sp³-hybridized carbons (Fsp3) is 0.400. The standard InChI is InChI=1S/C15H19NO3S/c1-4-9-16-14(13-8-5-10(2)20-13)11-6-7-12(19-11)15(17)18-3/h5-8,14,16H,4,9H2,1-3H3. The molecule has 0 saturated heterocycles. The van der Waals surface area contributed by atoms with Crippen LogP contribution in [0.5, 0.6) is 0 Å². The number of nitrogens with one attached hydrogen (secondary N) is 1. The second-order valence-electron chi connectivity index (χ2n) is 4.53. The van der Waals surface area contributed by atoms with Gasteiger partial charge in [0.05, 0.1) is 7.11 Å². The van der Waals surface area contributed by atoms with Crippen LogP contribution in [-0.2, 0) is 4.74 Å². The average Bonchev–Trinajstić information content (AvgIpc) is 3.08. The molecule has 0 fully saturated rings. The van der Waals surface area contributed by atoms with E-state index in [1.54, 1.807) is 17.4 Å². The zero-order chi connectivity index (χ0) is 14.5. The molecule has 4 nitrogen and oxygen atoms in total. The molecular weight excluding hydrogens is 274 g/mol. The van der Waals surface area contributed by atoms with Crippen LogP contribution in [0.25, 0.3) is 0 Å². The summed E-state index contributed by atoms with van der Waals surface area (Å²) in [5.41, 5.74) is 0. The van der Waals surface area contributed by atoms with Crippen LogP contribution in [-0.4, -0.2) is 19.6 Å². The molecule has 0 aliphatic heterocycles. The van der Waals surface area contributed by atoms with Crippen molar-refractivity contribution in [2.75, 3.05) is 13.7 Å². The summed E-state index contributed by atoms with van der Waals surface area (Å²) in [4.78, 5) is 13.9. The second-order valence-corrected chi connectivity index (χ2v) is 5.85. The van der Waals surface area contributed by atoms with Gasteiger partial charge in [-0.15, -0.1) is 11.3 Å². The van der Waals surface area contributed by atoms with Crippen LogP contribution in [0.15, 0.2) is 28.7 Å². The van der Waals surface area contributed by atoms with E-state index in [9.17, 15) is 4.79 Å². The predicted molar refractivity (Wildman–Crippen MR) is 79.2 cm³/mol. The first-order chi connectivity index (χ1) is 9.65. The van der Waals surface area contributed by atoms with Crippen LogP contribution in [0.3, 0.4) is 0 Å². The van der Waals surface area contributed by atoms with Gasteiger partial charge in [0.15, 0.2) is 0 Å². The quantitative estimate of drug-likeness (QED) is 0.828. The van der Waals surface area contributed by atoms with E-state index in [4.69, 9.17) is 4.42 Å². The van der Waals surface area contributed by atoms with Gasteiger partial charge >= 0.3 is 5.97 Å². The number of rotatable bonds is 6. The van der Waals surface area contributed by atoms with Gasteiger partial charge in [0.2, 0.25) is 5.76 Å². The van der Waals surface area contributed by atoms with Gasteiger partial charge in [-0.1, -0.05) is 6.92 Å². The third-order valence-electron chi connectivity index (χ3n) is 2.94. The van der Waals surface area contributed by atoms with Crippen molar-refractivity contribution in [2.45, 2.75) is 26.3 Å². The SMILES string of the molecule is CCCNC(c1ccc(C(=O)OC)o1)c1ccc(C)s1. The minimum atomic E-state index is -0.451. The van der Waals surface area contributed by atoms with Gasteiger partial charge < -0.3 is 14.5 Å². The average molecular weight is 293 g/mol. The lowest BCUT2D eigenvalue weighted by atomic mass is 10.2. The third-order valence-corrected chi connectivity index (χ3v) is 4.01. The number of hydrogen-bond donors (Lipinski definition) is 1. The van der Waals surface area contributed by atoms with Gasteiger partial charge in [-0.3, -0.25) is 0 Å². The largest absolute Gasteiger partial charge is 0.463 e. The number of ether oxygens (including phenoxy) is 1. The maximum Gasteiger partial charge on any atom is 0.373 e. The van der Waals surface area contributed by atoms with E-state index in [2.05, 4.69) is 36.0 Å². The second kappa shape index (κ2) is 6.72.